The molecule has 0 radical (unpaired) electrons. The standard InChI is InChI=1S/C18H23N3O3/c1-11(15-10-21(18(3,4)5)20-12(15)2)19-16(22)13-7-6-8-14(9-13)17(23)24/h6-11H,1-5H3,(H,19,22)(H,23,24)/t11-/m1/s1. The lowest BCUT2D eigenvalue weighted by Gasteiger charge is -2.19. The molecule has 0 saturated carbocycles. The van der Waals surface area contributed by atoms with E-state index in [0.717, 1.165) is 11.3 Å². The summed E-state index contributed by atoms with van der Waals surface area (Å²) in [5.41, 5.74) is 2.07. The van der Waals surface area contributed by atoms with E-state index in [9.17, 15) is 9.59 Å². The van der Waals surface area contributed by atoms with E-state index >= 15 is 0 Å². The summed E-state index contributed by atoms with van der Waals surface area (Å²) in [6, 6.07) is 5.75. The number of nitrogens with zero attached hydrogens (tertiary/aromatic N) is 2. The van der Waals surface area contributed by atoms with Crippen LogP contribution in [0.5, 0.6) is 0 Å². The summed E-state index contributed by atoms with van der Waals surface area (Å²) in [5.74, 6) is -1.37. The second-order valence-corrected chi connectivity index (χ2v) is 6.87. The predicted octanol–water partition coefficient (Wildman–Crippen LogP) is 3.14. The maximum Gasteiger partial charge on any atom is 0.335 e. The molecule has 0 fully saturated rings. The first-order valence-corrected chi connectivity index (χ1v) is 7.80. The Labute approximate surface area is 141 Å². The maximum atomic E-state index is 12.4. The Balaban J connectivity index is 2.19. The molecule has 1 atom stereocenters. The van der Waals surface area contributed by atoms with Crippen molar-refractivity contribution in [1.82, 2.24) is 15.1 Å². The third kappa shape index (κ3) is 3.82. The summed E-state index contributed by atoms with van der Waals surface area (Å²) in [4.78, 5) is 23.4. The number of carboxylic acid groups (broad SMARTS) is 1. The fourth-order valence-electron chi connectivity index (χ4n) is 2.39. The van der Waals surface area contributed by atoms with Crippen molar-refractivity contribution >= 4 is 11.9 Å². The van der Waals surface area contributed by atoms with E-state index in [1.165, 1.54) is 12.1 Å². The molecule has 1 amide bonds. The van der Waals surface area contributed by atoms with Gasteiger partial charge in [0, 0.05) is 17.3 Å². The van der Waals surface area contributed by atoms with E-state index in [2.05, 4.69) is 31.2 Å². The molecule has 1 aromatic carbocycles. The van der Waals surface area contributed by atoms with Gasteiger partial charge in [-0.15, -0.1) is 0 Å². The third-order valence-corrected chi connectivity index (χ3v) is 3.81. The average molecular weight is 329 g/mol. The molecule has 2 rings (SSSR count). The number of carbonyl (C=O) groups excluding carboxylic acids is 1. The van der Waals surface area contributed by atoms with Gasteiger partial charge in [-0.25, -0.2) is 4.79 Å². The molecule has 0 bridgehead atoms. The van der Waals surface area contributed by atoms with Crippen molar-refractivity contribution in [2.24, 2.45) is 0 Å². The summed E-state index contributed by atoms with van der Waals surface area (Å²) in [6.07, 6.45) is 1.94. The van der Waals surface area contributed by atoms with E-state index in [0.29, 0.717) is 5.56 Å². The van der Waals surface area contributed by atoms with Crippen LogP contribution in [-0.4, -0.2) is 26.8 Å². The van der Waals surface area contributed by atoms with Crippen molar-refractivity contribution in [2.75, 3.05) is 0 Å². The molecule has 0 unspecified atom stereocenters. The van der Waals surface area contributed by atoms with Gasteiger partial charge in [0.25, 0.3) is 5.91 Å². The number of nitrogens with one attached hydrogen (secondary N) is 1. The van der Waals surface area contributed by atoms with Crippen molar-refractivity contribution in [3.63, 3.8) is 0 Å². The van der Waals surface area contributed by atoms with Gasteiger partial charge in [0.1, 0.15) is 0 Å². The van der Waals surface area contributed by atoms with Crippen LogP contribution in [-0.2, 0) is 5.54 Å². The third-order valence-electron chi connectivity index (χ3n) is 3.81. The fourth-order valence-corrected chi connectivity index (χ4v) is 2.39. The largest absolute Gasteiger partial charge is 0.478 e. The maximum absolute atomic E-state index is 12.4. The Hall–Kier alpha value is -2.63. The zero-order valence-corrected chi connectivity index (χ0v) is 14.6. The van der Waals surface area contributed by atoms with Gasteiger partial charge < -0.3 is 10.4 Å². The average Bonchev–Trinajstić information content (AvgIpc) is 2.89. The molecular formula is C18H23N3O3. The second-order valence-electron chi connectivity index (χ2n) is 6.87. The number of aromatic nitrogens is 2. The lowest BCUT2D eigenvalue weighted by atomic mass is 10.1. The van der Waals surface area contributed by atoms with Crippen LogP contribution >= 0.6 is 0 Å². The van der Waals surface area contributed by atoms with Crippen LogP contribution in [0.2, 0.25) is 0 Å². The summed E-state index contributed by atoms with van der Waals surface area (Å²) < 4.78 is 1.88. The van der Waals surface area contributed by atoms with E-state index < -0.39 is 5.97 Å². The number of aromatic carboxylic acids is 1. The molecule has 6 nitrogen and oxygen atoms in total. The van der Waals surface area contributed by atoms with Crippen LogP contribution in [0.4, 0.5) is 0 Å². The number of amides is 1. The Kier molecular flexibility index (Phi) is 4.78. The summed E-state index contributed by atoms with van der Waals surface area (Å²) in [5, 5.41) is 16.4. The van der Waals surface area contributed by atoms with Crippen molar-refractivity contribution in [2.45, 2.75) is 46.2 Å². The summed E-state index contributed by atoms with van der Waals surface area (Å²) >= 11 is 0. The Morgan fingerprint density at radius 1 is 1.25 bits per heavy atom. The molecule has 128 valence electrons. The highest BCUT2D eigenvalue weighted by Crippen LogP contribution is 2.21. The fraction of sp³-hybridized carbons (Fsp3) is 0.389. The summed E-state index contributed by atoms with van der Waals surface area (Å²) in [7, 11) is 0. The SMILES string of the molecule is Cc1nn(C(C)(C)C)cc1[C@@H](C)NC(=O)c1cccc(C(=O)O)c1. The molecule has 0 saturated heterocycles. The molecule has 24 heavy (non-hydrogen) atoms. The van der Waals surface area contributed by atoms with E-state index in [1.807, 2.05) is 24.7 Å². The van der Waals surface area contributed by atoms with Crippen molar-refractivity contribution in [1.29, 1.82) is 0 Å². The number of carbonyl (C=O) groups is 2. The van der Waals surface area contributed by atoms with Crippen molar-refractivity contribution in [3.8, 4) is 0 Å². The highest BCUT2D eigenvalue weighted by molar-refractivity contribution is 5.97. The Morgan fingerprint density at radius 2 is 1.88 bits per heavy atom. The van der Waals surface area contributed by atoms with Gasteiger partial charge in [0.2, 0.25) is 0 Å². The molecule has 2 N–H and O–H groups in total. The van der Waals surface area contributed by atoms with Crippen LogP contribution in [0, 0.1) is 6.92 Å². The molecule has 6 heteroatoms. The van der Waals surface area contributed by atoms with Crippen LogP contribution < -0.4 is 5.32 Å². The van der Waals surface area contributed by atoms with E-state index in [1.54, 1.807) is 12.1 Å². The quantitative estimate of drug-likeness (QED) is 0.902. The smallest absolute Gasteiger partial charge is 0.335 e. The number of aryl methyl sites for hydroxylation is 1. The van der Waals surface area contributed by atoms with E-state index in [-0.39, 0.29) is 23.1 Å². The number of rotatable bonds is 4. The van der Waals surface area contributed by atoms with Gasteiger partial charge in [0.05, 0.1) is 22.8 Å². The highest BCUT2D eigenvalue weighted by atomic mass is 16.4. The minimum absolute atomic E-state index is 0.0898. The minimum atomic E-state index is -1.06. The minimum Gasteiger partial charge on any atom is -0.478 e. The van der Waals surface area contributed by atoms with Crippen LogP contribution in [0.3, 0.4) is 0 Å². The molecule has 1 heterocycles. The predicted molar refractivity (Wildman–Crippen MR) is 91.2 cm³/mol. The number of carboxylic acids is 1. The van der Waals surface area contributed by atoms with Crippen molar-refractivity contribution in [3.05, 3.63) is 52.8 Å². The van der Waals surface area contributed by atoms with Gasteiger partial charge >= 0.3 is 5.97 Å². The van der Waals surface area contributed by atoms with Gasteiger partial charge in [-0.3, -0.25) is 9.48 Å². The number of benzene rings is 1. The Morgan fingerprint density at radius 3 is 2.42 bits per heavy atom. The lowest BCUT2D eigenvalue weighted by Crippen LogP contribution is -2.27. The van der Waals surface area contributed by atoms with Crippen molar-refractivity contribution < 1.29 is 14.7 Å². The van der Waals surface area contributed by atoms with Gasteiger partial charge in [-0.1, -0.05) is 6.07 Å². The molecule has 1 aromatic heterocycles. The molecule has 2 aromatic rings. The molecule has 0 aliphatic heterocycles. The number of hydrogen-bond donors (Lipinski definition) is 2. The van der Waals surface area contributed by atoms with Crippen LogP contribution in [0.15, 0.2) is 30.5 Å². The molecule has 0 spiro atoms. The first-order chi connectivity index (χ1) is 11.1. The van der Waals surface area contributed by atoms with Gasteiger partial charge in [-0.05, 0) is 52.8 Å². The zero-order chi connectivity index (χ0) is 18.1. The second kappa shape index (κ2) is 6.47. The van der Waals surface area contributed by atoms with E-state index in [4.69, 9.17) is 5.11 Å². The zero-order valence-electron chi connectivity index (χ0n) is 14.6. The Bertz CT molecular complexity index is 772. The monoisotopic (exact) mass is 329 g/mol. The topological polar surface area (TPSA) is 84.2 Å². The highest BCUT2D eigenvalue weighted by Gasteiger charge is 2.20. The lowest BCUT2D eigenvalue weighted by molar-refractivity contribution is 0.0697. The van der Waals surface area contributed by atoms with Gasteiger partial charge in [-0.2, -0.15) is 5.10 Å². The summed E-state index contributed by atoms with van der Waals surface area (Å²) in [6.45, 7) is 9.97. The molecular weight excluding hydrogens is 306 g/mol. The first-order valence-electron chi connectivity index (χ1n) is 7.80. The molecule has 0 aliphatic rings. The van der Waals surface area contributed by atoms with Crippen LogP contribution in [0.25, 0.3) is 0 Å². The normalized spacial score (nSPS) is 12.7. The van der Waals surface area contributed by atoms with Gasteiger partial charge in [0.15, 0.2) is 0 Å². The molecule has 0 aliphatic carbocycles. The van der Waals surface area contributed by atoms with Crippen LogP contribution in [0.1, 0.15) is 65.7 Å². The first kappa shape index (κ1) is 17.7. The number of hydrogen-bond acceptors (Lipinski definition) is 3.